The Morgan fingerprint density at radius 2 is 1.83 bits per heavy atom. The van der Waals surface area contributed by atoms with Gasteiger partial charge >= 0.3 is 0 Å². The lowest BCUT2D eigenvalue weighted by Gasteiger charge is -2.12. The van der Waals surface area contributed by atoms with Crippen molar-refractivity contribution in [3.8, 4) is 0 Å². The number of hydrogen-bond acceptors (Lipinski definition) is 2. The van der Waals surface area contributed by atoms with E-state index < -0.39 is 0 Å². The van der Waals surface area contributed by atoms with E-state index in [0.717, 1.165) is 25.1 Å². The van der Waals surface area contributed by atoms with E-state index in [1.807, 2.05) is 25.1 Å². The fourth-order valence-corrected chi connectivity index (χ4v) is 3.26. The molecule has 0 saturated heterocycles. The van der Waals surface area contributed by atoms with Gasteiger partial charge in [-0.25, -0.2) is 0 Å². The summed E-state index contributed by atoms with van der Waals surface area (Å²) in [6.07, 6.45) is 1.98. The van der Waals surface area contributed by atoms with Gasteiger partial charge in [-0.15, -0.1) is 11.8 Å². The molecule has 3 heteroatoms. The van der Waals surface area contributed by atoms with E-state index in [-0.39, 0.29) is 11.2 Å². The van der Waals surface area contributed by atoms with Crippen LogP contribution in [0.5, 0.6) is 0 Å². The van der Waals surface area contributed by atoms with Crippen LogP contribution in [-0.4, -0.2) is 17.7 Å². The van der Waals surface area contributed by atoms with E-state index >= 15 is 0 Å². The van der Waals surface area contributed by atoms with Gasteiger partial charge in [0.25, 0.3) is 0 Å². The topological polar surface area (TPSA) is 29.1 Å². The molecule has 0 unspecified atom stereocenters. The number of benzene rings is 2. The third kappa shape index (κ3) is 6.49. The van der Waals surface area contributed by atoms with Crippen molar-refractivity contribution in [3.63, 3.8) is 0 Å². The Kier molecular flexibility index (Phi) is 7.21. The van der Waals surface area contributed by atoms with E-state index in [1.165, 1.54) is 16.7 Å². The minimum atomic E-state index is -0.0193. The second-order valence-electron chi connectivity index (χ2n) is 5.82. The number of rotatable bonds is 8. The van der Waals surface area contributed by atoms with Gasteiger partial charge < -0.3 is 5.32 Å². The highest BCUT2D eigenvalue weighted by Crippen LogP contribution is 2.17. The SMILES string of the molecule is Cc1cccc(CCCNC(=O)[C@@H](C)SCc2ccccc2)c1. The van der Waals surface area contributed by atoms with Gasteiger partial charge in [0.15, 0.2) is 0 Å². The molecule has 0 aliphatic heterocycles. The average molecular weight is 327 g/mol. The molecule has 0 aliphatic rings. The highest BCUT2D eigenvalue weighted by atomic mass is 32.2. The largest absolute Gasteiger partial charge is 0.355 e. The summed E-state index contributed by atoms with van der Waals surface area (Å²) in [6, 6.07) is 18.8. The van der Waals surface area contributed by atoms with Gasteiger partial charge in [-0.2, -0.15) is 0 Å². The molecule has 122 valence electrons. The summed E-state index contributed by atoms with van der Waals surface area (Å²) < 4.78 is 0. The molecule has 2 aromatic carbocycles. The number of carbonyl (C=O) groups excluding carboxylic acids is 1. The van der Waals surface area contributed by atoms with E-state index in [0.29, 0.717) is 0 Å². The quantitative estimate of drug-likeness (QED) is 0.730. The maximum Gasteiger partial charge on any atom is 0.232 e. The van der Waals surface area contributed by atoms with Crippen LogP contribution in [-0.2, 0) is 17.0 Å². The Morgan fingerprint density at radius 1 is 1.09 bits per heavy atom. The molecule has 23 heavy (non-hydrogen) atoms. The minimum Gasteiger partial charge on any atom is -0.355 e. The smallest absolute Gasteiger partial charge is 0.232 e. The van der Waals surface area contributed by atoms with Crippen LogP contribution >= 0.6 is 11.8 Å². The Hall–Kier alpha value is -1.74. The second-order valence-corrected chi connectivity index (χ2v) is 7.15. The molecule has 2 aromatic rings. The van der Waals surface area contributed by atoms with Crippen molar-refractivity contribution < 1.29 is 4.79 Å². The van der Waals surface area contributed by atoms with Gasteiger partial charge in [-0.1, -0.05) is 60.2 Å². The second kappa shape index (κ2) is 9.41. The number of nitrogens with one attached hydrogen (secondary N) is 1. The van der Waals surface area contributed by atoms with Crippen molar-refractivity contribution in [1.82, 2.24) is 5.32 Å². The summed E-state index contributed by atoms with van der Waals surface area (Å²) in [4.78, 5) is 12.1. The summed E-state index contributed by atoms with van der Waals surface area (Å²) in [5, 5.41) is 3.02. The van der Waals surface area contributed by atoms with Gasteiger partial charge in [0, 0.05) is 12.3 Å². The third-order valence-electron chi connectivity index (χ3n) is 3.74. The molecular formula is C20H25NOS. The van der Waals surface area contributed by atoms with Crippen LogP contribution in [0.15, 0.2) is 54.6 Å². The lowest BCUT2D eigenvalue weighted by molar-refractivity contribution is -0.120. The summed E-state index contributed by atoms with van der Waals surface area (Å²) in [5.41, 5.74) is 3.89. The summed E-state index contributed by atoms with van der Waals surface area (Å²) in [5.74, 6) is 1.01. The van der Waals surface area contributed by atoms with Crippen molar-refractivity contribution >= 4 is 17.7 Å². The first-order valence-electron chi connectivity index (χ1n) is 8.14. The van der Waals surface area contributed by atoms with Crippen molar-refractivity contribution in [2.45, 2.75) is 37.7 Å². The highest BCUT2D eigenvalue weighted by Gasteiger charge is 2.12. The zero-order valence-corrected chi connectivity index (χ0v) is 14.7. The molecule has 2 rings (SSSR count). The molecule has 0 heterocycles. The van der Waals surface area contributed by atoms with E-state index in [2.05, 4.69) is 48.6 Å². The number of hydrogen-bond donors (Lipinski definition) is 1. The first-order valence-corrected chi connectivity index (χ1v) is 9.19. The standard InChI is InChI=1S/C20H25NOS/c1-16-8-6-11-18(14-16)12-7-13-21-20(22)17(2)23-15-19-9-4-3-5-10-19/h3-6,8-11,14,17H,7,12-13,15H2,1-2H3,(H,21,22)/t17-/m1/s1. The summed E-state index contributed by atoms with van der Waals surface area (Å²) in [6.45, 7) is 4.82. The molecule has 0 bridgehead atoms. The lowest BCUT2D eigenvalue weighted by atomic mass is 10.1. The molecule has 0 fully saturated rings. The van der Waals surface area contributed by atoms with Crippen molar-refractivity contribution in [3.05, 3.63) is 71.3 Å². The van der Waals surface area contributed by atoms with Gasteiger partial charge in [0.2, 0.25) is 5.91 Å². The summed E-state index contributed by atoms with van der Waals surface area (Å²) >= 11 is 1.68. The van der Waals surface area contributed by atoms with Crippen LogP contribution in [0, 0.1) is 6.92 Å². The van der Waals surface area contributed by atoms with E-state index in [1.54, 1.807) is 11.8 Å². The Labute approximate surface area is 143 Å². The molecule has 1 N–H and O–H groups in total. The van der Waals surface area contributed by atoms with Gasteiger partial charge in [-0.05, 0) is 37.8 Å². The van der Waals surface area contributed by atoms with Crippen molar-refractivity contribution in [2.75, 3.05) is 6.54 Å². The Balaban J connectivity index is 1.64. The molecule has 0 aromatic heterocycles. The van der Waals surface area contributed by atoms with Crippen LogP contribution < -0.4 is 5.32 Å². The zero-order chi connectivity index (χ0) is 16.5. The molecule has 1 atom stereocenters. The van der Waals surface area contributed by atoms with Crippen LogP contribution in [0.2, 0.25) is 0 Å². The van der Waals surface area contributed by atoms with Crippen molar-refractivity contribution in [2.24, 2.45) is 0 Å². The normalized spacial score (nSPS) is 11.9. The summed E-state index contributed by atoms with van der Waals surface area (Å²) in [7, 11) is 0. The minimum absolute atomic E-state index is 0.0193. The maximum absolute atomic E-state index is 12.1. The first-order chi connectivity index (χ1) is 11.1. The number of amides is 1. The van der Waals surface area contributed by atoms with Gasteiger partial charge in [0.1, 0.15) is 0 Å². The highest BCUT2D eigenvalue weighted by molar-refractivity contribution is 7.99. The maximum atomic E-state index is 12.1. The Bertz CT molecular complexity index is 612. The fourth-order valence-electron chi connectivity index (χ4n) is 2.39. The number of aryl methyl sites for hydroxylation is 2. The molecule has 0 aliphatic carbocycles. The molecule has 0 spiro atoms. The van der Waals surface area contributed by atoms with Crippen LogP contribution in [0.4, 0.5) is 0 Å². The molecule has 1 amide bonds. The predicted molar refractivity (Wildman–Crippen MR) is 99.7 cm³/mol. The fraction of sp³-hybridized carbons (Fsp3) is 0.350. The first kappa shape index (κ1) is 17.6. The van der Waals surface area contributed by atoms with Crippen molar-refractivity contribution in [1.29, 1.82) is 0 Å². The molecule has 0 saturated carbocycles. The predicted octanol–water partition coefficient (Wildman–Crippen LogP) is 4.37. The molecule has 2 nitrogen and oxygen atoms in total. The number of thioether (sulfide) groups is 1. The number of carbonyl (C=O) groups is 1. The van der Waals surface area contributed by atoms with Crippen LogP contribution in [0.1, 0.15) is 30.0 Å². The van der Waals surface area contributed by atoms with Gasteiger partial charge in [0.05, 0.1) is 5.25 Å². The monoisotopic (exact) mass is 327 g/mol. The average Bonchev–Trinajstić information content (AvgIpc) is 2.57. The molecular weight excluding hydrogens is 302 g/mol. The van der Waals surface area contributed by atoms with E-state index in [9.17, 15) is 4.79 Å². The van der Waals surface area contributed by atoms with E-state index in [4.69, 9.17) is 0 Å². The van der Waals surface area contributed by atoms with Crippen LogP contribution in [0.25, 0.3) is 0 Å². The Morgan fingerprint density at radius 3 is 2.57 bits per heavy atom. The zero-order valence-electron chi connectivity index (χ0n) is 13.9. The third-order valence-corrected chi connectivity index (χ3v) is 4.95. The lowest BCUT2D eigenvalue weighted by Crippen LogP contribution is -2.31. The van der Waals surface area contributed by atoms with Crippen LogP contribution in [0.3, 0.4) is 0 Å². The van der Waals surface area contributed by atoms with Gasteiger partial charge in [-0.3, -0.25) is 4.79 Å². The molecule has 0 radical (unpaired) electrons.